The molecule has 0 saturated carbocycles. The Hall–Kier alpha value is -0.560. The molecule has 0 fully saturated rings. The van der Waals surface area contributed by atoms with Crippen LogP contribution in [-0.2, 0) is 0 Å². The van der Waals surface area contributed by atoms with Gasteiger partial charge in [0.1, 0.15) is 0 Å². The van der Waals surface area contributed by atoms with Crippen LogP contribution in [0.5, 0.6) is 0 Å². The van der Waals surface area contributed by atoms with Crippen LogP contribution in [0.3, 0.4) is 0 Å². The van der Waals surface area contributed by atoms with E-state index >= 15 is 0 Å². The summed E-state index contributed by atoms with van der Waals surface area (Å²) in [6.45, 7) is 3.67. The quantitative estimate of drug-likeness (QED) is 0.484. The summed E-state index contributed by atoms with van der Waals surface area (Å²) >= 11 is 0. The SMILES string of the molecule is C=CCCCC1=CC(O)CC1. The molecule has 0 saturated heterocycles. The van der Waals surface area contributed by atoms with Gasteiger partial charge in [0, 0.05) is 0 Å². The van der Waals surface area contributed by atoms with Crippen molar-refractivity contribution in [1.29, 1.82) is 0 Å². The van der Waals surface area contributed by atoms with Gasteiger partial charge in [-0.15, -0.1) is 6.58 Å². The maximum absolute atomic E-state index is 9.16. The second-order valence-electron chi connectivity index (χ2n) is 3.11. The van der Waals surface area contributed by atoms with Gasteiger partial charge in [-0.1, -0.05) is 17.7 Å². The number of aliphatic hydroxyl groups excluding tert-OH is 1. The van der Waals surface area contributed by atoms with Crippen molar-refractivity contribution >= 4 is 0 Å². The Balaban J connectivity index is 2.16. The minimum atomic E-state index is -0.159. The van der Waals surface area contributed by atoms with E-state index in [1.807, 2.05) is 12.2 Å². The fourth-order valence-electron chi connectivity index (χ4n) is 1.45. The van der Waals surface area contributed by atoms with Crippen LogP contribution in [0.1, 0.15) is 32.1 Å². The van der Waals surface area contributed by atoms with Crippen molar-refractivity contribution < 1.29 is 5.11 Å². The first kappa shape index (κ1) is 8.54. The van der Waals surface area contributed by atoms with Crippen LogP contribution in [-0.4, -0.2) is 11.2 Å². The van der Waals surface area contributed by atoms with Gasteiger partial charge in [-0.2, -0.15) is 0 Å². The first-order valence-electron chi connectivity index (χ1n) is 4.31. The van der Waals surface area contributed by atoms with Crippen LogP contribution < -0.4 is 0 Å². The highest BCUT2D eigenvalue weighted by Gasteiger charge is 2.11. The molecule has 1 heteroatoms. The predicted octanol–water partition coefficient (Wildman–Crippen LogP) is 2.42. The van der Waals surface area contributed by atoms with Gasteiger partial charge >= 0.3 is 0 Å². The monoisotopic (exact) mass is 152 g/mol. The summed E-state index contributed by atoms with van der Waals surface area (Å²) in [6, 6.07) is 0. The second-order valence-corrected chi connectivity index (χ2v) is 3.11. The third kappa shape index (κ3) is 2.89. The number of hydrogen-bond acceptors (Lipinski definition) is 1. The Morgan fingerprint density at radius 1 is 1.73 bits per heavy atom. The van der Waals surface area contributed by atoms with Crippen molar-refractivity contribution in [2.45, 2.75) is 38.2 Å². The van der Waals surface area contributed by atoms with E-state index in [-0.39, 0.29) is 6.10 Å². The molecule has 1 N–H and O–H groups in total. The topological polar surface area (TPSA) is 20.2 Å². The molecule has 1 aliphatic carbocycles. The first-order chi connectivity index (χ1) is 5.33. The Morgan fingerprint density at radius 3 is 3.09 bits per heavy atom. The van der Waals surface area contributed by atoms with Gasteiger partial charge in [0.2, 0.25) is 0 Å². The van der Waals surface area contributed by atoms with E-state index in [0.29, 0.717) is 0 Å². The van der Waals surface area contributed by atoms with E-state index in [1.165, 1.54) is 12.0 Å². The zero-order chi connectivity index (χ0) is 8.10. The van der Waals surface area contributed by atoms with Gasteiger partial charge in [-0.25, -0.2) is 0 Å². The molecule has 0 radical (unpaired) electrons. The standard InChI is InChI=1S/C10H16O/c1-2-3-4-5-9-6-7-10(11)8-9/h2,8,10-11H,1,3-7H2. The molecule has 11 heavy (non-hydrogen) atoms. The van der Waals surface area contributed by atoms with Gasteiger partial charge in [-0.05, 0) is 32.1 Å². The number of aliphatic hydroxyl groups is 1. The van der Waals surface area contributed by atoms with Gasteiger partial charge < -0.3 is 5.11 Å². The van der Waals surface area contributed by atoms with Crippen LogP contribution in [0.25, 0.3) is 0 Å². The molecule has 0 bridgehead atoms. The highest BCUT2D eigenvalue weighted by atomic mass is 16.3. The average Bonchev–Trinajstić information content (AvgIpc) is 2.37. The van der Waals surface area contributed by atoms with Crippen molar-refractivity contribution in [2.24, 2.45) is 0 Å². The fraction of sp³-hybridized carbons (Fsp3) is 0.600. The summed E-state index contributed by atoms with van der Waals surface area (Å²) in [7, 11) is 0. The number of allylic oxidation sites excluding steroid dienone is 2. The lowest BCUT2D eigenvalue weighted by Gasteiger charge is -1.97. The molecule has 0 amide bonds. The molecule has 1 aliphatic rings. The molecule has 0 aromatic carbocycles. The van der Waals surface area contributed by atoms with Crippen LogP contribution in [0.2, 0.25) is 0 Å². The largest absolute Gasteiger partial charge is 0.389 e. The maximum atomic E-state index is 9.16. The van der Waals surface area contributed by atoms with Gasteiger partial charge in [0.15, 0.2) is 0 Å². The normalized spacial score (nSPS) is 23.4. The smallest absolute Gasteiger partial charge is 0.0726 e. The summed E-state index contributed by atoms with van der Waals surface area (Å²) in [5.41, 5.74) is 1.43. The third-order valence-electron chi connectivity index (χ3n) is 2.10. The van der Waals surface area contributed by atoms with Crippen molar-refractivity contribution in [3.05, 3.63) is 24.3 Å². The number of unbranched alkanes of at least 4 members (excludes halogenated alkanes) is 1. The molecule has 0 aromatic heterocycles. The third-order valence-corrected chi connectivity index (χ3v) is 2.10. The lowest BCUT2D eigenvalue weighted by molar-refractivity contribution is 0.223. The lowest BCUT2D eigenvalue weighted by atomic mass is 10.1. The summed E-state index contributed by atoms with van der Waals surface area (Å²) in [5, 5.41) is 9.16. The van der Waals surface area contributed by atoms with Crippen molar-refractivity contribution in [3.63, 3.8) is 0 Å². The molecule has 1 nitrogen and oxygen atoms in total. The molecule has 1 atom stereocenters. The van der Waals surface area contributed by atoms with E-state index in [1.54, 1.807) is 0 Å². The maximum Gasteiger partial charge on any atom is 0.0726 e. The van der Waals surface area contributed by atoms with Crippen LogP contribution in [0.4, 0.5) is 0 Å². The summed E-state index contributed by atoms with van der Waals surface area (Å²) in [4.78, 5) is 0. The zero-order valence-corrected chi connectivity index (χ0v) is 6.92. The van der Waals surface area contributed by atoms with E-state index in [4.69, 9.17) is 5.11 Å². The molecule has 0 spiro atoms. The summed E-state index contributed by atoms with van der Waals surface area (Å²) in [6.07, 6.45) is 9.24. The van der Waals surface area contributed by atoms with E-state index in [2.05, 4.69) is 6.58 Å². The Morgan fingerprint density at radius 2 is 2.55 bits per heavy atom. The minimum Gasteiger partial charge on any atom is -0.389 e. The summed E-state index contributed by atoms with van der Waals surface area (Å²) in [5.74, 6) is 0. The van der Waals surface area contributed by atoms with Crippen LogP contribution in [0, 0.1) is 0 Å². The lowest BCUT2D eigenvalue weighted by Crippen LogP contribution is -1.93. The zero-order valence-electron chi connectivity index (χ0n) is 6.92. The van der Waals surface area contributed by atoms with Gasteiger partial charge in [-0.3, -0.25) is 0 Å². The molecule has 0 heterocycles. The number of hydrogen-bond donors (Lipinski definition) is 1. The van der Waals surface area contributed by atoms with Crippen molar-refractivity contribution in [2.75, 3.05) is 0 Å². The van der Waals surface area contributed by atoms with Crippen LogP contribution in [0.15, 0.2) is 24.3 Å². The highest BCUT2D eigenvalue weighted by molar-refractivity contribution is 5.11. The molecular formula is C10H16O. The number of rotatable bonds is 4. The fourth-order valence-corrected chi connectivity index (χ4v) is 1.45. The second kappa shape index (κ2) is 4.35. The highest BCUT2D eigenvalue weighted by Crippen LogP contribution is 2.22. The Kier molecular flexibility index (Phi) is 3.37. The molecular weight excluding hydrogens is 136 g/mol. The molecule has 0 aliphatic heterocycles. The van der Waals surface area contributed by atoms with Gasteiger partial charge in [0.05, 0.1) is 6.10 Å². The van der Waals surface area contributed by atoms with E-state index in [0.717, 1.165) is 25.7 Å². The Labute approximate surface area is 68.4 Å². The van der Waals surface area contributed by atoms with E-state index < -0.39 is 0 Å². The predicted molar refractivity (Wildman–Crippen MR) is 47.4 cm³/mol. The minimum absolute atomic E-state index is 0.159. The van der Waals surface area contributed by atoms with E-state index in [9.17, 15) is 0 Å². The van der Waals surface area contributed by atoms with Gasteiger partial charge in [0.25, 0.3) is 0 Å². The molecule has 1 rings (SSSR count). The first-order valence-corrected chi connectivity index (χ1v) is 4.31. The summed E-state index contributed by atoms with van der Waals surface area (Å²) < 4.78 is 0. The van der Waals surface area contributed by atoms with Crippen molar-refractivity contribution in [3.8, 4) is 0 Å². The average molecular weight is 152 g/mol. The van der Waals surface area contributed by atoms with Crippen LogP contribution >= 0.6 is 0 Å². The molecule has 1 unspecified atom stereocenters. The molecule has 62 valence electrons. The Bertz CT molecular complexity index is 158. The molecule has 0 aromatic rings. The van der Waals surface area contributed by atoms with Crippen molar-refractivity contribution in [1.82, 2.24) is 0 Å².